The van der Waals surface area contributed by atoms with Gasteiger partial charge in [-0.1, -0.05) is 0 Å². The second kappa shape index (κ2) is 4.71. The van der Waals surface area contributed by atoms with Crippen LogP contribution < -0.4 is 5.73 Å². The van der Waals surface area contributed by atoms with Crippen LogP contribution in [0.4, 0.5) is 5.69 Å². The second-order valence-electron chi connectivity index (χ2n) is 3.99. The highest BCUT2D eigenvalue weighted by Crippen LogP contribution is 2.11. The maximum Gasteiger partial charge on any atom is 0.270 e. The molecule has 5 nitrogen and oxygen atoms in total. The molecule has 0 aliphatic carbocycles. The summed E-state index contributed by atoms with van der Waals surface area (Å²) in [5.41, 5.74) is 6.70. The third-order valence-corrected chi connectivity index (χ3v) is 2.36. The summed E-state index contributed by atoms with van der Waals surface area (Å²) in [6.07, 6.45) is 1.69. The van der Waals surface area contributed by atoms with Gasteiger partial charge in [0.2, 0.25) is 0 Å². The molecule has 0 fully saturated rings. The predicted octanol–water partition coefficient (Wildman–Crippen LogP) is 0.839. The fourth-order valence-corrected chi connectivity index (χ4v) is 1.53. The number of nitrogens with two attached hydrogens (primary N) is 1. The number of carbonyl (C=O) groups excluding carboxylic acids is 1. The van der Waals surface area contributed by atoms with Gasteiger partial charge in [0.25, 0.3) is 5.91 Å². The molecule has 86 valence electrons. The number of amides is 1. The van der Waals surface area contributed by atoms with Crippen LogP contribution in [-0.4, -0.2) is 29.0 Å². The third-order valence-electron chi connectivity index (χ3n) is 2.36. The summed E-state index contributed by atoms with van der Waals surface area (Å²) in [6, 6.07) is 3.73. The lowest BCUT2D eigenvalue weighted by Gasteiger charge is -2.18. The van der Waals surface area contributed by atoms with Gasteiger partial charge < -0.3 is 15.2 Å². The monoisotopic (exact) mass is 220 g/mol. The summed E-state index contributed by atoms with van der Waals surface area (Å²) in [6.45, 7) is 2.20. The molecule has 0 bridgehead atoms. The molecule has 0 spiro atoms. The first-order valence-corrected chi connectivity index (χ1v) is 5.02. The summed E-state index contributed by atoms with van der Waals surface area (Å²) < 4.78 is 1.69. The van der Waals surface area contributed by atoms with Gasteiger partial charge in [0.15, 0.2) is 0 Å². The number of aromatic nitrogens is 1. The molecule has 0 aliphatic rings. The second-order valence-corrected chi connectivity index (χ2v) is 3.99. The lowest BCUT2D eigenvalue weighted by Crippen LogP contribution is -2.31. The van der Waals surface area contributed by atoms with Crippen molar-refractivity contribution in [1.29, 1.82) is 5.26 Å². The van der Waals surface area contributed by atoms with Crippen molar-refractivity contribution >= 4 is 11.6 Å². The molecule has 5 heteroatoms. The molecule has 1 aromatic heterocycles. The van der Waals surface area contributed by atoms with Crippen molar-refractivity contribution in [2.24, 2.45) is 13.0 Å². The molecule has 1 aromatic rings. The van der Waals surface area contributed by atoms with Gasteiger partial charge in [0.1, 0.15) is 5.69 Å². The minimum absolute atomic E-state index is 0.124. The van der Waals surface area contributed by atoms with E-state index < -0.39 is 0 Å². The number of nitrogen functional groups attached to an aromatic ring is 1. The standard InChI is InChI=1S/C11H16N4O/c1-8(5-12)6-15(3)11(16)10-4-9(13)7-14(10)2/h4,7-8H,6,13H2,1-3H3. The Bertz CT molecular complexity index is 430. The maximum absolute atomic E-state index is 12.0. The van der Waals surface area contributed by atoms with Crippen molar-refractivity contribution in [2.45, 2.75) is 6.92 Å². The molecule has 1 amide bonds. The smallest absolute Gasteiger partial charge is 0.270 e. The highest BCUT2D eigenvalue weighted by Gasteiger charge is 2.17. The molecule has 16 heavy (non-hydrogen) atoms. The van der Waals surface area contributed by atoms with E-state index >= 15 is 0 Å². The van der Waals surface area contributed by atoms with Crippen LogP contribution in [0.15, 0.2) is 12.3 Å². The molecule has 0 radical (unpaired) electrons. The minimum atomic E-state index is -0.174. The fourth-order valence-electron chi connectivity index (χ4n) is 1.53. The Labute approximate surface area is 95.1 Å². The Balaban J connectivity index is 2.79. The fraction of sp³-hybridized carbons (Fsp3) is 0.455. The summed E-state index contributed by atoms with van der Waals surface area (Å²) in [7, 11) is 3.45. The van der Waals surface area contributed by atoms with Crippen molar-refractivity contribution in [3.8, 4) is 6.07 Å². The van der Waals surface area contributed by atoms with E-state index in [1.54, 1.807) is 37.8 Å². The van der Waals surface area contributed by atoms with Crippen molar-refractivity contribution in [3.63, 3.8) is 0 Å². The van der Waals surface area contributed by atoms with Gasteiger partial charge in [-0.2, -0.15) is 5.26 Å². The summed E-state index contributed by atoms with van der Waals surface area (Å²) in [5.74, 6) is -0.298. The molecule has 2 N–H and O–H groups in total. The first-order valence-electron chi connectivity index (χ1n) is 5.02. The Morgan fingerprint density at radius 3 is 2.81 bits per heavy atom. The number of nitrogens with zero attached hydrogens (tertiary/aromatic N) is 3. The summed E-state index contributed by atoms with van der Waals surface area (Å²) in [4.78, 5) is 13.5. The molecule has 0 saturated heterocycles. The summed E-state index contributed by atoms with van der Waals surface area (Å²) in [5, 5.41) is 8.68. The van der Waals surface area contributed by atoms with Crippen LogP contribution in [0.3, 0.4) is 0 Å². The zero-order valence-electron chi connectivity index (χ0n) is 9.77. The zero-order chi connectivity index (χ0) is 12.3. The Morgan fingerprint density at radius 1 is 1.75 bits per heavy atom. The van der Waals surface area contributed by atoms with Gasteiger partial charge in [-0.05, 0) is 13.0 Å². The highest BCUT2D eigenvalue weighted by atomic mass is 16.2. The van der Waals surface area contributed by atoms with Crippen molar-refractivity contribution in [1.82, 2.24) is 9.47 Å². The topological polar surface area (TPSA) is 75.1 Å². The van der Waals surface area contributed by atoms with Gasteiger partial charge >= 0.3 is 0 Å². The van der Waals surface area contributed by atoms with E-state index in [1.807, 2.05) is 0 Å². The van der Waals surface area contributed by atoms with E-state index in [4.69, 9.17) is 11.0 Å². The molecule has 1 unspecified atom stereocenters. The van der Waals surface area contributed by atoms with Crippen LogP contribution in [0, 0.1) is 17.2 Å². The average Bonchev–Trinajstić information content (AvgIpc) is 2.56. The van der Waals surface area contributed by atoms with Crippen molar-refractivity contribution in [3.05, 3.63) is 18.0 Å². The van der Waals surface area contributed by atoms with Crippen LogP contribution in [0.2, 0.25) is 0 Å². The average molecular weight is 220 g/mol. The Kier molecular flexibility index (Phi) is 3.56. The SMILES string of the molecule is CC(C#N)CN(C)C(=O)c1cc(N)cn1C. The first kappa shape index (κ1) is 12.1. The molecular weight excluding hydrogens is 204 g/mol. The van der Waals surface area contributed by atoms with E-state index in [1.165, 1.54) is 4.90 Å². The molecule has 0 aromatic carbocycles. The minimum Gasteiger partial charge on any atom is -0.397 e. The van der Waals surface area contributed by atoms with Crippen LogP contribution >= 0.6 is 0 Å². The largest absolute Gasteiger partial charge is 0.397 e. The normalized spacial score (nSPS) is 11.9. The van der Waals surface area contributed by atoms with E-state index in [2.05, 4.69) is 6.07 Å². The van der Waals surface area contributed by atoms with Crippen molar-refractivity contribution < 1.29 is 4.79 Å². The Hall–Kier alpha value is -1.96. The molecule has 1 atom stereocenters. The quantitative estimate of drug-likeness (QED) is 0.820. The van der Waals surface area contributed by atoms with Gasteiger partial charge in [0, 0.05) is 26.8 Å². The van der Waals surface area contributed by atoms with E-state index in [9.17, 15) is 4.79 Å². The summed E-state index contributed by atoms with van der Waals surface area (Å²) >= 11 is 0. The van der Waals surface area contributed by atoms with Crippen LogP contribution in [0.5, 0.6) is 0 Å². The number of nitriles is 1. The number of carbonyl (C=O) groups is 1. The van der Waals surface area contributed by atoms with Gasteiger partial charge in [-0.3, -0.25) is 4.79 Å². The lowest BCUT2D eigenvalue weighted by atomic mass is 10.2. The lowest BCUT2D eigenvalue weighted by molar-refractivity contribution is 0.0775. The van der Waals surface area contributed by atoms with Crippen LogP contribution in [-0.2, 0) is 7.05 Å². The Morgan fingerprint density at radius 2 is 2.38 bits per heavy atom. The predicted molar refractivity (Wildman–Crippen MR) is 61.6 cm³/mol. The number of rotatable bonds is 3. The number of aryl methyl sites for hydroxylation is 1. The molecular formula is C11H16N4O. The third kappa shape index (κ3) is 2.54. The highest BCUT2D eigenvalue weighted by molar-refractivity contribution is 5.93. The van der Waals surface area contributed by atoms with Gasteiger partial charge in [0.05, 0.1) is 17.7 Å². The molecule has 0 aliphatic heterocycles. The zero-order valence-corrected chi connectivity index (χ0v) is 9.77. The molecule has 1 rings (SSSR count). The van der Waals surface area contributed by atoms with Crippen LogP contribution in [0.25, 0.3) is 0 Å². The van der Waals surface area contributed by atoms with Crippen molar-refractivity contribution in [2.75, 3.05) is 19.3 Å². The van der Waals surface area contributed by atoms with E-state index in [-0.39, 0.29) is 11.8 Å². The maximum atomic E-state index is 12.0. The number of anilines is 1. The van der Waals surface area contributed by atoms with E-state index in [0.717, 1.165) is 0 Å². The van der Waals surface area contributed by atoms with Gasteiger partial charge in [-0.25, -0.2) is 0 Å². The first-order chi connectivity index (χ1) is 7.45. The number of hydrogen-bond acceptors (Lipinski definition) is 3. The van der Waals surface area contributed by atoms with Crippen LogP contribution in [0.1, 0.15) is 17.4 Å². The molecule has 1 heterocycles. The number of hydrogen-bond donors (Lipinski definition) is 1. The van der Waals surface area contributed by atoms with Gasteiger partial charge in [-0.15, -0.1) is 0 Å². The van der Waals surface area contributed by atoms with E-state index in [0.29, 0.717) is 17.9 Å². The molecule has 0 saturated carbocycles.